The molecule has 1 fully saturated rings. The van der Waals surface area contributed by atoms with Crippen molar-refractivity contribution in [3.63, 3.8) is 0 Å². The highest BCUT2D eigenvalue weighted by molar-refractivity contribution is 5.83. The smallest absolute Gasteiger partial charge is 0.291 e. The van der Waals surface area contributed by atoms with Crippen molar-refractivity contribution in [2.75, 3.05) is 33.4 Å². The van der Waals surface area contributed by atoms with Gasteiger partial charge in [-0.25, -0.2) is 0 Å². The summed E-state index contributed by atoms with van der Waals surface area (Å²) in [7, 11) is 1.74. The number of hydrogen-bond acceptors (Lipinski definition) is 6. The van der Waals surface area contributed by atoms with Crippen LogP contribution in [0.5, 0.6) is 0 Å². The average molecular weight is 341 g/mol. The van der Waals surface area contributed by atoms with Gasteiger partial charge in [0.25, 0.3) is 5.95 Å². The third kappa shape index (κ3) is 3.05. The van der Waals surface area contributed by atoms with Gasteiger partial charge in [-0.1, -0.05) is 25.1 Å². The number of hydrogen-bond donors (Lipinski definition) is 0. The molecule has 7 heteroatoms. The Morgan fingerprint density at radius 1 is 1.28 bits per heavy atom. The fraction of sp³-hybridized carbons (Fsp3) is 0.500. The molecule has 4 rings (SSSR count). The lowest BCUT2D eigenvalue weighted by molar-refractivity contribution is 0.106. The molecule has 7 nitrogen and oxygen atoms in total. The first-order valence-corrected chi connectivity index (χ1v) is 8.82. The van der Waals surface area contributed by atoms with Crippen LogP contribution >= 0.6 is 0 Å². The normalized spacial score (nSPS) is 15.8. The van der Waals surface area contributed by atoms with Gasteiger partial charge in [0.05, 0.1) is 17.1 Å². The van der Waals surface area contributed by atoms with E-state index in [9.17, 15) is 0 Å². The van der Waals surface area contributed by atoms with Crippen LogP contribution in [0.3, 0.4) is 0 Å². The summed E-state index contributed by atoms with van der Waals surface area (Å²) >= 11 is 0. The quantitative estimate of drug-likeness (QED) is 0.615. The number of methoxy groups -OCH3 is 1. The van der Waals surface area contributed by atoms with Crippen LogP contribution < -0.4 is 0 Å². The zero-order valence-electron chi connectivity index (χ0n) is 14.7. The first kappa shape index (κ1) is 16.2. The Balaban J connectivity index is 1.49. The van der Waals surface area contributed by atoms with E-state index in [4.69, 9.17) is 9.26 Å². The maximum Gasteiger partial charge on any atom is 0.291 e. The molecule has 132 valence electrons. The van der Waals surface area contributed by atoms with Gasteiger partial charge in [0, 0.05) is 38.7 Å². The maximum absolute atomic E-state index is 5.52. The van der Waals surface area contributed by atoms with E-state index >= 15 is 0 Å². The summed E-state index contributed by atoms with van der Waals surface area (Å²) in [5, 5.41) is 9.97. The van der Waals surface area contributed by atoms with Crippen molar-refractivity contribution in [2.24, 2.45) is 0 Å². The standard InChI is InChI=1S/C18H23N5O2/c1-3-15-14-7-4-5-8-16(14)23(20-15)18-19-17(25-21-18)13-11-22(12-13)9-6-10-24-2/h4-5,7-8,13H,3,6,9-12H2,1-2H3. The van der Waals surface area contributed by atoms with Gasteiger partial charge in [0.1, 0.15) is 0 Å². The van der Waals surface area contributed by atoms with Gasteiger partial charge in [-0.15, -0.1) is 0 Å². The van der Waals surface area contributed by atoms with E-state index in [1.165, 1.54) is 0 Å². The minimum absolute atomic E-state index is 0.316. The molecule has 0 bridgehead atoms. The highest BCUT2D eigenvalue weighted by Crippen LogP contribution is 2.27. The Morgan fingerprint density at radius 2 is 2.12 bits per heavy atom. The Labute approximate surface area is 146 Å². The number of aryl methyl sites for hydroxylation is 1. The van der Waals surface area contributed by atoms with Crippen molar-refractivity contribution < 1.29 is 9.26 Å². The van der Waals surface area contributed by atoms with Crippen LogP contribution in [0.25, 0.3) is 16.9 Å². The summed E-state index contributed by atoms with van der Waals surface area (Å²) in [4.78, 5) is 6.98. The summed E-state index contributed by atoms with van der Waals surface area (Å²) in [6.45, 7) is 5.89. The van der Waals surface area contributed by atoms with Crippen LogP contribution in [0.15, 0.2) is 28.8 Å². The van der Waals surface area contributed by atoms with Crippen LogP contribution in [0.2, 0.25) is 0 Å². The number of likely N-dealkylation sites (tertiary alicyclic amines) is 1. The van der Waals surface area contributed by atoms with Crippen LogP contribution in [-0.4, -0.2) is 58.2 Å². The predicted octanol–water partition coefficient (Wildman–Crippen LogP) is 2.41. The molecule has 0 N–H and O–H groups in total. The fourth-order valence-electron chi connectivity index (χ4n) is 3.36. The Morgan fingerprint density at radius 3 is 2.92 bits per heavy atom. The van der Waals surface area contributed by atoms with Crippen molar-refractivity contribution in [2.45, 2.75) is 25.7 Å². The molecule has 1 aliphatic heterocycles. The number of fused-ring (bicyclic) bond motifs is 1. The topological polar surface area (TPSA) is 69.2 Å². The van der Waals surface area contributed by atoms with Gasteiger partial charge < -0.3 is 14.2 Å². The summed E-state index contributed by atoms with van der Waals surface area (Å²) in [6, 6.07) is 8.16. The molecule has 1 aliphatic rings. The van der Waals surface area contributed by atoms with E-state index in [0.29, 0.717) is 17.8 Å². The first-order chi connectivity index (χ1) is 12.3. The van der Waals surface area contributed by atoms with Crippen molar-refractivity contribution in [1.29, 1.82) is 0 Å². The molecule has 1 saturated heterocycles. The second-order valence-corrected chi connectivity index (χ2v) is 6.46. The number of rotatable bonds is 7. The molecule has 0 spiro atoms. The number of benzene rings is 1. The third-order valence-corrected chi connectivity index (χ3v) is 4.75. The molecule has 0 amide bonds. The molecule has 1 aromatic carbocycles. The minimum Gasteiger partial charge on any atom is -0.385 e. The maximum atomic E-state index is 5.52. The number of nitrogens with zero attached hydrogens (tertiary/aromatic N) is 5. The largest absolute Gasteiger partial charge is 0.385 e. The summed E-state index contributed by atoms with van der Waals surface area (Å²) in [6.07, 6.45) is 1.93. The zero-order valence-corrected chi connectivity index (χ0v) is 14.7. The molecule has 0 unspecified atom stereocenters. The van der Waals surface area contributed by atoms with Crippen molar-refractivity contribution in [3.05, 3.63) is 35.9 Å². The Hall–Kier alpha value is -2.25. The zero-order chi connectivity index (χ0) is 17.2. The lowest BCUT2D eigenvalue weighted by Gasteiger charge is -2.36. The van der Waals surface area contributed by atoms with Gasteiger partial charge in [-0.05, 0) is 24.1 Å². The molecule has 0 atom stereocenters. The molecule has 3 heterocycles. The molecule has 0 radical (unpaired) electrons. The molecule has 0 saturated carbocycles. The van der Waals surface area contributed by atoms with Gasteiger partial charge in [-0.2, -0.15) is 14.8 Å². The van der Waals surface area contributed by atoms with E-state index < -0.39 is 0 Å². The van der Waals surface area contributed by atoms with Crippen molar-refractivity contribution in [3.8, 4) is 5.95 Å². The second kappa shape index (κ2) is 6.93. The summed E-state index contributed by atoms with van der Waals surface area (Å²) in [5.74, 6) is 1.54. The predicted molar refractivity (Wildman–Crippen MR) is 94.0 cm³/mol. The lowest BCUT2D eigenvalue weighted by atomic mass is 10.00. The van der Waals surface area contributed by atoms with E-state index in [0.717, 1.165) is 55.7 Å². The van der Waals surface area contributed by atoms with Crippen LogP contribution in [-0.2, 0) is 11.2 Å². The number of ether oxygens (including phenoxy) is 1. The van der Waals surface area contributed by atoms with Gasteiger partial charge >= 0.3 is 0 Å². The van der Waals surface area contributed by atoms with Crippen LogP contribution in [0, 0.1) is 0 Å². The lowest BCUT2D eigenvalue weighted by Crippen LogP contribution is -2.45. The van der Waals surface area contributed by atoms with E-state index in [1.807, 2.05) is 18.2 Å². The molecular weight excluding hydrogens is 318 g/mol. The average Bonchev–Trinajstić information content (AvgIpc) is 3.21. The molecular formula is C18H23N5O2. The SMILES string of the molecule is CCc1nn(-c2noc(C3CN(CCCOC)C3)n2)c2ccccc12. The van der Waals surface area contributed by atoms with Gasteiger partial charge in [-0.3, -0.25) is 0 Å². The molecule has 0 aliphatic carbocycles. The third-order valence-electron chi connectivity index (χ3n) is 4.75. The highest BCUT2D eigenvalue weighted by atomic mass is 16.5. The Bertz CT molecular complexity index is 850. The number of aromatic nitrogens is 4. The van der Waals surface area contributed by atoms with Gasteiger partial charge in [0.15, 0.2) is 0 Å². The Kier molecular flexibility index (Phi) is 4.50. The van der Waals surface area contributed by atoms with Crippen molar-refractivity contribution in [1.82, 2.24) is 24.8 Å². The summed E-state index contributed by atoms with van der Waals surface area (Å²) < 4.78 is 12.4. The van der Waals surface area contributed by atoms with Crippen LogP contribution in [0.4, 0.5) is 0 Å². The first-order valence-electron chi connectivity index (χ1n) is 8.82. The molecule has 25 heavy (non-hydrogen) atoms. The van der Waals surface area contributed by atoms with E-state index in [1.54, 1.807) is 11.8 Å². The fourth-order valence-corrected chi connectivity index (χ4v) is 3.36. The summed E-state index contributed by atoms with van der Waals surface area (Å²) in [5.41, 5.74) is 2.07. The highest BCUT2D eigenvalue weighted by Gasteiger charge is 2.32. The monoisotopic (exact) mass is 341 g/mol. The van der Waals surface area contributed by atoms with Crippen LogP contribution in [0.1, 0.15) is 30.8 Å². The number of para-hydroxylation sites is 1. The van der Waals surface area contributed by atoms with Gasteiger partial charge in [0.2, 0.25) is 5.89 Å². The molecule has 2 aromatic heterocycles. The van der Waals surface area contributed by atoms with Crippen molar-refractivity contribution >= 4 is 10.9 Å². The minimum atomic E-state index is 0.316. The van der Waals surface area contributed by atoms with E-state index in [-0.39, 0.29) is 0 Å². The second-order valence-electron chi connectivity index (χ2n) is 6.46. The van der Waals surface area contributed by atoms with E-state index in [2.05, 4.69) is 33.1 Å². The molecule has 3 aromatic rings.